The van der Waals surface area contributed by atoms with Crippen molar-refractivity contribution in [3.05, 3.63) is 0 Å². The average Bonchev–Trinajstić information content (AvgIpc) is 2.76. The Morgan fingerprint density at radius 3 is 2.45 bits per heavy atom. The van der Waals surface area contributed by atoms with Gasteiger partial charge in [-0.2, -0.15) is 13.2 Å². The SMILES string of the molecule is CC(COCC(F)(F)F)NC(=O)[C@@H]1CC[C@H](C(=O)O)C1. The highest BCUT2D eigenvalue weighted by molar-refractivity contribution is 5.81. The third-order valence-corrected chi connectivity index (χ3v) is 3.17. The normalized spacial score (nSPS) is 24.4. The van der Waals surface area contributed by atoms with Crippen LogP contribution in [0.2, 0.25) is 0 Å². The van der Waals surface area contributed by atoms with Crippen molar-refractivity contribution in [3.63, 3.8) is 0 Å². The molecule has 1 aliphatic carbocycles. The van der Waals surface area contributed by atoms with Crippen molar-refractivity contribution in [3.8, 4) is 0 Å². The number of alkyl halides is 3. The summed E-state index contributed by atoms with van der Waals surface area (Å²) in [4.78, 5) is 22.6. The molecular weight excluding hydrogens is 279 g/mol. The third-order valence-electron chi connectivity index (χ3n) is 3.17. The van der Waals surface area contributed by atoms with Crippen LogP contribution in [0.1, 0.15) is 26.2 Å². The Morgan fingerprint density at radius 1 is 1.35 bits per heavy atom. The minimum Gasteiger partial charge on any atom is -0.481 e. The molecule has 1 unspecified atom stereocenters. The maximum Gasteiger partial charge on any atom is 0.411 e. The summed E-state index contributed by atoms with van der Waals surface area (Å²) in [5.74, 6) is -2.14. The number of rotatable bonds is 6. The summed E-state index contributed by atoms with van der Waals surface area (Å²) in [6.07, 6.45) is -3.17. The first-order valence-corrected chi connectivity index (χ1v) is 6.36. The van der Waals surface area contributed by atoms with E-state index in [1.54, 1.807) is 0 Å². The van der Waals surface area contributed by atoms with Gasteiger partial charge >= 0.3 is 12.1 Å². The van der Waals surface area contributed by atoms with E-state index in [-0.39, 0.29) is 24.9 Å². The van der Waals surface area contributed by atoms with Gasteiger partial charge in [-0.25, -0.2) is 0 Å². The van der Waals surface area contributed by atoms with Crippen LogP contribution >= 0.6 is 0 Å². The minimum absolute atomic E-state index is 0.236. The van der Waals surface area contributed by atoms with E-state index in [4.69, 9.17) is 5.11 Å². The van der Waals surface area contributed by atoms with Crippen LogP contribution in [0.3, 0.4) is 0 Å². The zero-order valence-electron chi connectivity index (χ0n) is 11.1. The van der Waals surface area contributed by atoms with Crippen LogP contribution in [0, 0.1) is 11.8 Å². The van der Waals surface area contributed by atoms with E-state index in [2.05, 4.69) is 10.1 Å². The number of nitrogens with one attached hydrogen (secondary N) is 1. The molecule has 0 aliphatic heterocycles. The molecule has 2 N–H and O–H groups in total. The highest BCUT2D eigenvalue weighted by atomic mass is 19.4. The molecule has 0 aromatic rings. The fraction of sp³-hybridized carbons (Fsp3) is 0.833. The fourth-order valence-corrected chi connectivity index (χ4v) is 2.20. The van der Waals surface area contributed by atoms with E-state index in [0.29, 0.717) is 12.8 Å². The summed E-state index contributed by atoms with van der Waals surface area (Å²) in [6, 6.07) is -0.547. The van der Waals surface area contributed by atoms with Gasteiger partial charge in [-0.05, 0) is 26.2 Å². The van der Waals surface area contributed by atoms with E-state index in [1.807, 2.05) is 0 Å². The van der Waals surface area contributed by atoms with Crippen LogP contribution < -0.4 is 5.32 Å². The first kappa shape index (κ1) is 16.7. The molecule has 1 amide bonds. The number of ether oxygens (including phenoxy) is 1. The molecular formula is C12H18F3NO4. The first-order chi connectivity index (χ1) is 9.19. The Bertz CT molecular complexity index is 359. The van der Waals surface area contributed by atoms with Gasteiger partial charge in [0.25, 0.3) is 0 Å². The number of carboxylic acids is 1. The average molecular weight is 297 g/mol. The summed E-state index contributed by atoms with van der Waals surface area (Å²) < 4.78 is 40.0. The highest BCUT2D eigenvalue weighted by Crippen LogP contribution is 2.31. The zero-order valence-corrected chi connectivity index (χ0v) is 11.1. The monoisotopic (exact) mass is 297 g/mol. The number of amides is 1. The molecule has 116 valence electrons. The van der Waals surface area contributed by atoms with Gasteiger partial charge in [0, 0.05) is 12.0 Å². The number of aliphatic carboxylic acids is 1. The highest BCUT2D eigenvalue weighted by Gasteiger charge is 2.34. The lowest BCUT2D eigenvalue weighted by Crippen LogP contribution is -2.39. The van der Waals surface area contributed by atoms with E-state index < -0.39 is 30.7 Å². The van der Waals surface area contributed by atoms with Gasteiger partial charge in [-0.3, -0.25) is 9.59 Å². The molecule has 0 saturated heterocycles. The topological polar surface area (TPSA) is 75.6 Å². The first-order valence-electron chi connectivity index (χ1n) is 6.36. The van der Waals surface area contributed by atoms with Crippen LogP contribution in [0.25, 0.3) is 0 Å². The van der Waals surface area contributed by atoms with Crippen LogP contribution in [0.4, 0.5) is 13.2 Å². The molecule has 1 rings (SSSR count). The molecule has 0 radical (unpaired) electrons. The number of carbonyl (C=O) groups is 2. The van der Waals surface area contributed by atoms with Gasteiger partial charge in [0.05, 0.1) is 12.5 Å². The molecule has 8 heteroatoms. The van der Waals surface area contributed by atoms with E-state index >= 15 is 0 Å². The van der Waals surface area contributed by atoms with Crippen molar-refractivity contribution in [2.24, 2.45) is 11.8 Å². The maximum absolute atomic E-state index is 11.9. The molecule has 0 aromatic heterocycles. The number of halogens is 3. The molecule has 0 heterocycles. The van der Waals surface area contributed by atoms with Crippen molar-refractivity contribution in [2.75, 3.05) is 13.2 Å². The van der Waals surface area contributed by atoms with Crippen molar-refractivity contribution in [2.45, 2.75) is 38.4 Å². The second-order valence-electron chi connectivity index (χ2n) is 5.09. The maximum atomic E-state index is 11.9. The molecule has 5 nitrogen and oxygen atoms in total. The number of carboxylic acid groups (broad SMARTS) is 1. The van der Waals surface area contributed by atoms with Gasteiger partial charge in [0.1, 0.15) is 6.61 Å². The van der Waals surface area contributed by atoms with Gasteiger partial charge in [0.2, 0.25) is 5.91 Å². The fourth-order valence-electron chi connectivity index (χ4n) is 2.20. The molecule has 1 saturated carbocycles. The third kappa shape index (κ3) is 5.77. The summed E-state index contributed by atoms with van der Waals surface area (Å²) in [5, 5.41) is 11.4. The Balaban J connectivity index is 2.27. The van der Waals surface area contributed by atoms with Gasteiger partial charge < -0.3 is 15.2 Å². The molecule has 0 bridgehead atoms. The van der Waals surface area contributed by atoms with Crippen LogP contribution in [-0.4, -0.2) is 42.4 Å². The Labute approximate surface area is 114 Å². The van der Waals surface area contributed by atoms with E-state index in [0.717, 1.165) is 0 Å². The van der Waals surface area contributed by atoms with Crippen molar-refractivity contribution < 1.29 is 32.6 Å². The predicted octanol–water partition coefficient (Wildman–Crippen LogP) is 1.57. The number of carbonyl (C=O) groups excluding carboxylic acids is 1. The molecule has 0 spiro atoms. The van der Waals surface area contributed by atoms with Crippen LogP contribution in [0.5, 0.6) is 0 Å². The predicted molar refractivity (Wildman–Crippen MR) is 62.9 cm³/mol. The minimum atomic E-state index is -4.39. The largest absolute Gasteiger partial charge is 0.481 e. The van der Waals surface area contributed by atoms with E-state index in [9.17, 15) is 22.8 Å². The lowest BCUT2D eigenvalue weighted by molar-refractivity contribution is -0.175. The lowest BCUT2D eigenvalue weighted by atomic mass is 10.0. The summed E-state index contributed by atoms with van der Waals surface area (Å²) in [6.45, 7) is -0.0457. The Hall–Kier alpha value is -1.31. The smallest absolute Gasteiger partial charge is 0.411 e. The summed E-state index contributed by atoms with van der Waals surface area (Å²) >= 11 is 0. The van der Waals surface area contributed by atoms with Crippen molar-refractivity contribution >= 4 is 11.9 Å². The van der Waals surface area contributed by atoms with Crippen LogP contribution in [0.15, 0.2) is 0 Å². The second kappa shape index (κ2) is 6.92. The van der Waals surface area contributed by atoms with Gasteiger partial charge in [0.15, 0.2) is 0 Å². The summed E-state index contributed by atoms with van der Waals surface area (Å²) in [7, 11) is 0. The van der Waals surface area contributed by atoms with Crippen molar-refractivity contribution in [1.29, 1.82) is 0 Å². The van der Waals surface area contributed by atoms with Gasteiger partial charge in [-0.1, -0.05) is 0 Å². The molecule has 0 aromatic carbocycles. The Morgan fingerprint density at radius 2 is 1.95 bits per heavy atom. The van der Waals surface area contributed by atoms with E-state index in [1.165, 1.54) is 6.92 Å². The van der Waals surface area contributed by atoms with Crippen LogP contribution in [-0.2, 0) is 14.3 Å². The quantitative estimate of drug-likeness (QED) is 0.780. The molecule has 3 atom stereocenters. The standard InChI is InChI=1S/C12H18F3NO4/c1-7(5-20-6-12(13,14)15)16-10(17)8-2-3-9(4-8)11(18)19/h7-9H,2-6H2,1H3,(H,16,17)(H,18,19)/t7?,8-,9+/m1/s1. The zero-order chi connectivity index (χ0) is 15.3. The lowest BCUT2D eigenvalue weighted by Gasteiger charge is -2.17. The van der Waals surface area contributed by atoms with Crippen molar-refractivity contribution in [1.82, 2.24) is 5.32 Å². The number of hydrogen-bond donors (Lipinski definition) is 2. The van der Waals surface area contributed by atoms with Gasteiger partial charge in [-0.15, -0.1) is 0 Å². The summed E-state index contributed by atoms with van der Waals surface area (Å²) in [5.41, 5.74) is 0. The molecule has 1 fully saturated rings. The second-order valence-corrected chi connectivity index (χ2v) is 5.09. The molecule has 20 heavy (non-hydrogen) atoms. The Kier molecular flexibility index (Phi) is 5.79. The molecule has 1 aliphatic rings. The number of hydrogen-bond acceptors (Lipinski definition) is 3.